The number of piperazine rings is 1. The lowest BCUT2D eigenvalue weighted by atomic mass is 10.2. The van der Waals surface area contributed by atoms with Crippen molar-refractivity contribution in [2.24, 2.45) is 0 Å². The summed E-state index contributed by atoms with van der Waals surface area (Å²) in [7, 11) is -1.54. The van der Waals surface area contributed by atoms with E-state index in [1.165, 1.54) is 0 Å². The number of furan rings is 1. The van der Waals surface area contributed by atoms with E-state index in [9.17, 15) is 8.42 Å². The van der Waals surface area contributed by atoms with Gasteiger partial charge in [0.15, 0.2) is 11.3 Å². The smallest absolute Gasteiger partial charge is 0.243 e. The molecule has 0 radical (unpaired) electrons. The van der Waals surface area contributed by atoms with E-state index < -0.39 is 10.0 Å². The van der Waals surface area contributed by atoms with Gasteiger partial charge in [-0.15, -0.1) is 0 Å². The Labute approximate surface area is 136 Å². The second-order valence-electron chi connectivity index (χ2n) is 5.80. The molecule has 1 fully saturated rings. The van der Waals surface area contributed by atoms with Crippen LogP contribution in [-0.4, -0.2) is 57.5 Å². The third-order valence-electron chi connectivity index (χ3n) is 4.11. The molecule has 0 aliphatic carbocycles. The predicted octanol–water partition coefficient (Wildman–Crippen LogP) is 2.08. The third-order valence-corrected chi connectivity index (χ3v) is 6.07. The topological polar surface area (TPSA) is 63.0 Å². The molecule has 3 rings (SSSR count). The summed E-state index contributed by atoms with van der Waals surface area (Å²) in [6.07, 6.45) is 0. The van der Waals surface area contributed by atoms with Crippen LogP contribution >= 0.6 is 0 Å². The molecule has 1 saturated heterocycles. The van der Waals surface area contributed by atoms with Crippen LogP contribution in [0.25, 0.3) is 11.0 Å². The van der Waals surface area contributed by atoms with Gasteiger partial charge in [0.05, 0.1) is 11.5 Å². The molecule has 7 heteroatoms. The van der Waals surface area contributed by atoms with Crippen molar-refractivity contribution in [3.63, 3.8) is 0 Å². The van der Waals surface area contributed by atoms with Gasteiger partial charge >= 0.3 is 0 Å². The number of sulfonamides is 1. The highest BCUT2D eigenvalue weighted by atomic mass is 32.2. The molecule has 2 aromatic rings. The molecule has 1 aromatic carbocycles. The van der Waals surface area contributed by atoms with Crippen molar-refractivity contribution in [3.8, 4) is 5.75 Å². The Morgan fingerprint density at radius 1 is 1.22 bits per heavy atom. The Hall–Kier alpha value is -1.57. The van der Waals surface area contributed by atoms with Gasteiger partial charge in [0.1, 0.15) is 5.76 Å². The molecule has 0 N–H and O–H groups in total. The highest BCUT2D eigenvalue weighted by molar-refractivity contribution is 7.89. The molecule has 0 spiro atoms. The van der Waals surface area contributed by atoms with Crippen molar-refractivity contribution in [2.75, 3.05) is 39.8 Å². The first-order valence-electron chi connectivity index (χ1n) is 7.78. The minimum Gasteiger partial charge on any atom is -0.490 e. The fourth-order valence-electron chi connectivity index (χ4n) is 2.86. The van der Waals surface area contributed by atoms with E-state index in [0.29, 0.717) is 42.2 Å². The monoisotopic (exact) mass is 338 g/mol. The first kappa shape index (κ1) is 16.3. The third kappa shape index (κ3) is 2.96. The minimum absolute atomic E-state index is 0.289. The van der Waals surface area contributed by atoms with Gasteiger partial charge in [-0.2, -0.15) is 4.31 Å². The van der Waals surface area contributed by atoms with Crippen molar-refractivity contribution < 1.29 is 17.6 Å². The summed E-state index contributed by atoms with van der Waals surface area (Å²) in [5, 5.41) is 0.590. The van der Waals surface area contributed by atoms with Crippen LogP contribution in [0.5, 0.6) is 5.75 Å². The number of rotatable bonds is 4. The molecule has 6 nitrogen and oxygen atoms in total. The van der Waals surface area contributed by atoms with Gasteiger partial charge in [-0.3, -0.25) is 0 Å². The highest BCUT2D eigenvalue weighted by Crippen LogP contribution is 2.35. The molecular formula is C16H22N2O4S. The first-order valence-corrected chi connectivity index (χ1v) is 9.22. The summed E-state index contributed by atoms with van der Waals surface area (Å²) < 4.78 is 38.8. The maximum atomic E-state index is 13.0. The van der Waals surface area contributed by atoms with Crippen LogP contribution in [0.3, 0.4) is 0 Å². The lowest BCUT2D eigenvalue weighted by Gasteiger charge is -2.31. The number of benzene rings is 1. The molecule has 0 amide bonds. The van der Waals surface area contributed by atoms with Crippen LogP contribution in [0.4, 0.5) is 0 Å². The van der Waals surface area contributed by atoms with Gasteiger partial charge in [-0.25, -0.2) is 8.42 Å². The number of nitrogens with zero attached hydrogens (tertiary/aromatic N) is 2. The Morgan fingerprint density at radius 2 is 1.91 bits per heavy atom. The Kier molecular flexibility index (Phi) is 4.35. The van der Waals surface area contributed by atoms with E-state index in [1.54, 1.807) is 22.5 Å². The number of hydrogen-bond acceptors (Lipinski definition) is 5. The number of aryl methyl sites for hydroxylation is 1. The number of ether oxygens (including phenoxy) is 1. The van der Waals surface area contributed by atoms with Crippen LogP contribution in [0.15, 0.2) is 27.5 Å². The fraction of sp³-hybridized carbons (Fsp3) is 0.500. The molecule has 0 unspecified atom stereocenters. The van der Waals surface area contributed by atoms with Crippen LogP contribution in [-0.2, 0) is 10.0 Å². The number of hydrogen-bond donors (Lipinski definition) is 0. The zero-order valence-electron chi connectivity index (χ0n) is 13.7. The molecule has 126 valence electrons. The van der Waals surface area contributed by atoms with Gasteiger partial charge in [-0.1, -0.05) is 0 Å². The van der Waals surface area contributed by atoms with Crippen molar-refractivity contribution in [1.29, 1.82) is 0 Å². The molecule has 0 bridgehead atoms. The van der Waals surface area contributed by atoms with Crippen molar-refractivity contribution in [1.82, 2.24) is 9.21 Å². The summed E-state index contributed by atoms with van der Waals surface area (Å²) in [6, 6.07) is 5.06. The van der Waals surface area contributed by atoms with Crippen LogP contribution < -0.4 is 4.74 Å². The molecule has 23 heavy (non-hydrogen) atoms. The van der Waals surface area contributed by atoms with E-state index >= 15 is 0 Å². The van der Waals surface area contributed by atoms with Gasteiger partial charge in [0, 0.05) is 31.6 Å². The van der Waals surface area contributed by atoms with Crippen molar-refractivity contribution in [2.45, 2.75) is 18.7 Å². The summed E-state index contributed by atoms with van der Waals surface area (Å²) in [5.74, 6) is 1.25. The van der Waals surface area contributed by atoms with E-state index in [4.69, 9.17) is 9.15 Å². The zero-order valence-corrected chi connectivity index (χ0v) is 14.5. The van der Waals surface area contributed by atoms with Crippen molar-refractivity contribution in [3.05, 3.63) is 24.0 Å². The lowest BCUT2D eigenvalue weighted by molar-refractivity contribution is 0.222. The SMILES string of the molecule is CCOc1ccc(S(=O)(=O)N2CCN(C)CC2)c2cc(C)oc12. The van der Waals surface area contributed by atoms with Gasteiger partial charge in [-0.05, 0) is 39.1 Å². The molecular weight excluding hydrogens is 316 g/mol. The summed E-state index contributed by atoms with van der Waals surface area (Å²) in [4.78, 5) is 2.42. The Morgan fingerprint density at radius 3 is 2.57 bits per heavy atom. The van der Waals surface area contributed by atoms with Gasteiger partial charge < -0.3 is 14.1 Å². The largest absolute Gasteiger partial charge is 0.490 e. The zero-order chi connectivity index (χ0) is 16.6. The number of fused-ring (bicyclic) bond motifs is 1. The molecule has 1 aliphatic heterocycles. The lowest BCUT2D eigenvalue weighted by Crippen LogP contribution is -2.47. The van der Waals surface area contributed by atoms with E-state index in [-0.39, 0.29) is 4.90 Å². The van der Waals surface area contributed by atoms with Crippen LogP contribution in [0.1, 0.15) is 12.7 Å². The Balaban J connectivity index is 2.07. The molecule has 2 heterocycles. The van der Waals surface area contributed by atoms with Crippen molar-refractivity contribution >= 4 is 21.0 Å². The standard InChI is InChI=1S/C16H22N2O4S/c1-4-21-14-5-6-15(13-11-12(2)22-16(13)14)23(19,20)18-9-7-17(3)8-10-18/h5-6,11H,4,7-10H2,1-3H3. The van der Waals surface area contributed by atoms with E-state index in [2.05, 4.69) is 4.90 Å². The Bertz CT molecular complexity index is 805. The normalized spacial score (nSPS) is 17.7. The molecule has 1 aromatic heterocycles. The minimum atomic E-state index is -3.54. The van der Waals surface area contributed by atoms with Crippen LogP contribution in [0.2, 0.25) is 0 Å². The summed E-state index contributed by atoms with van der Waals surface area (Å²) >= 11 is 0. The fourth-order valence-corrected chi connectivity index (χ4v) is 4.45. The number of likely N-dealkylation sites (N-methyl/N-ethyl adjacent to an activating group) is 1. The average molecular weight is 338 g/mol. The van der Waals surface area contributed by atoms with Gasteiger partial charge in [0.2, 0.25) is 10.0 Å². The predicted molar refractivity (Wildman–Crippen MR) is 88.4 cm³/mol. The maximum absolute atomic E-state index is 13.0. The van der Waals surface area contributed by atoms with Gasteiger partial charge in [0.25, 0.3) is 0 Å². The second-order valence-corrected chi connectivity index (χ2v) is 7.71. The maximum Gasteiger partial charge on any atom is 0.243 e. The molecule has 0 saturated carbocycles. The van der Waals surface area contributed by atoms with E-state index in [0.717, 1.165) is 13.1 Å². The highest BCUT2D eigenvalue weighted by Gasteiger charge is 2.30. The summed E-state index contributed by atoms with van der Waals surface area (Å²) in [5.41, 5.74) is 0.500. The summed E-state index contributed by atoms with van der Waals surface area (Å²) in [6.45, 7) is 6.68. The second kappa shape index (κ2) is 6.14. The molecule has 1 aliphatic rings. The van der Waals surface area contributed by atoms with E-state index in [1.807, 2.05) is 20.9 Å². The van der Waals surface area contributed by atoms with Crippen LogP contribution in [0, 0.1) is 6.92 Å². The average Bonchev–Trinajstić information content (AvgIpc) is 2.89. The molecule has 0 atom stereocenters. The quantitative estimate of drug-likeness (QED) is 0.854. The first-order chi connectivity index (χ1) is 10.9.